The van der Waals surface area contributed by atoms with Gasteiger partial charge in [0.25, 0.3) is 0 Å². The highest BCUT2D eigenvalue weighted by molar-refractivity contribution is 5.43. The lowest BCUT2D eigenvalue weighted by atomic mass is 10.2. The van der Waals surface area contributed by atoms with Crippen LogP contribution in [0, 0.1) is 0 Å². The summed E-state index contributed by atoms with van der Waals surface area (Å²) in [6.07, 6.45) is 3.55. The summed E-state index contributed by atoms with van der Waals surface area (Å²) in [5, 5.41) is 12.6. The summed E-state index contributed by atoms with van der Waals surface area (Å²) in [4.78, 5) is 4.46. The van der Waals surface area contributed by atoms with E-state index in [0.717, 1.165) is 24.4 Å². The van der Waals surface area contributed by atoms with Gasteiger partial charge >= 0.3 is 0 Å². The fraction of sp³-hybridized carbons (Fsp3) is 0.364. The van der Waals surface area contributed by atoms with Crippen LogP contribution in [-0.2, 0) is 4.74 Å². The van der Waals surface area contributed by atoms with Gasteiger partial charge < -0.3 is 19.6 Å². The number of nitrogens with zero attached hydrogens (tertiary/aromatic N) is 2. The van der Waals surface area contributed by atoms with Crippen molar-refractivity contribution in [3.8, 4) is 5.75 Å². The van der Waals surface area contributed by atoms with Crippen molar-refractivity contribution in [2.45, 2.75) is 6.10 Å². The van der Waals surface area contributed by atoms with Gasteiger partial charge in [-0.1, -0.05) is 0 Å². The van der Waals surface area contributed by atoms with E-state index in [1.165, 1.54) is 0 Å². The Kier molecular flexibility index (Phi) is 2.27. The van der Waals surface area contributed by atoms with Gasteiger partial charge in [0.15, 0.2) is 0 Å². The van der Waals surface area contributed by atoms with Crippen molar-refractivity contribution >= 4 is 5.65 Å². The van der Waals surface area contributed by atoms with Gasteiger partial charge in [-0.15, -0.1) is 0 Å². The molecule has 0 bridgehead atoms. The summed E-state index contributed by atoms with van der Waals surface area (Å²) < 4.78 is 7.43. The van der Waals surface area contributed by atoms with Crippen molar-refractivity contribution in [1.29, 1.82) is 0 Å². The maximum atomic E-state index is 9.36. The van der Waals surface area contributed by atoms with Gasteiger partial charge in [-0.25, -0.2) is 4.98 Å². The number of imidazole rings is 1. The quantitative estimate of drug-likeness (QED) is 0.741. The number of aromatic hydroxyl groups is 1. The highest BCUT2D eigenvalue weighted by atomic mass is 16.5. The van der Waals surface area contributed by atoms with E-state index in [1.54, 1.807) is 18.3 Å². The van der Waals surface area contributed by atoms with Gasteiger partial charge in [-0.2, -0.15) is 0 Å². The van der Waals surface area contributed by atoms with Crippen LogP contribution in [0.25, 0.3) is 5.65 Å². The molecule has 1 aliphatic heterocycles. The predicted molar refractivity (Wildman–Crippen MR) is 58.4 cm³/mol. The van der Waals surface area contributed by atoms with Crippen molar-refractivity contribution in [2.24, 2.45) is 0 Å². The second-order valence-corrected chi connectivity index (χ2v) is 3.88. The fourth-order valence-electron chi connectivity index (χ4n) is 1.91. The molecule has 2 aromatic rings. The normalized spacial score (nSPS) is 21.4. The number of ether oxygens (including phenoxy) is 1. The molecule has 3 rings (SSSR count). The van der Waals surface area contributed by atoms with E-state index < -0.39 is 0 Å². The maximum Gasteiger partial charge on any atom is 0.137 e. The van der Waals surface area contributed by atoms with Gasteiger partial charge in [0.05, 0.1) is 18.5 Å². The molecule has 0 aliphatic carbocycles. The molecule has 1 aliphatic rings. The van der Waals surface area contributed by atoms with E-state index >= 15 is 0 Å². The van der Waals surface area contributed by atoms with Crippen LogP contribution in [0.1, 0.15) is 11.8 Å². The molecule has 0 spiro atoms. The zero-order chi connectivity index (χ0) is 11.0. The third-order valence-corrected chi connectivity index (χ3v) is 2.71. The molecule has 0 amide bonds. The molecule has 1 atom stereocenters. The van der Waals surface area contributed by atoms with E-state index in [9.17, 15) is 5.11 Å². The number of nitrogens with one attached hydrogen (secondary N) is 1. The summed E-state index contributed by atoms with van der Waals surface area (Å²) in [7, 11) is 0. The van der Waals surface area contributed by atoms with Gasteiger partial charge in [0.1, 0.15) is 17.5 Å². The number of pyridine rings is 1. The largest absolute Gasteiger partial charge is 0.506 e. The molecule has 1 fully saturated rings. The minimum absolute atomic E-state index is 0.00999. The topological polar surface area (TPSA) is 58.8 Å². The Morgan fingerprint density at radius 1 is 1.44 bits per heavy atom. The van der Waals surface area contributed by atoms with Crippen molar-refractivity contribution < 1.29 is 9.84 Å². The average molecular weight is 219 g/mol. The third kappa shape index (κ3) is 1.64. The standard InChI is InChI=1S/C11H13N3O2/c15-8-1-2-11-13-9(7-14(11)6-8)10-5-12-3-4-16-10/h1-2,6-7,10,12,15H,3-5H2. The Morgan fingerprint density at radius 3 is 3.19 bits per heavy atom. The second kappa shape index (κ2) is 3.77. The molecular formula is C11H13N3O2. The van der Waals surface area contributed by atoms with Crippen molar-refractivity contribution in [2.75, 3.05) is 19.7 Å². The van der Waals surface area contributed by atoms with Crippen LogP contribution < -0.4 is 5.32 Å². The Hall–Kier alpha value is -1.59. The number of rotatable bonds is 1. The maximum absolute atomic E-state index is 9.36. The molecule has 5 nitrogen and oxygen atoms in total. The van der Waals surface area contributed by atoms with Crippen LogP contribution in [0.15, 0.2) is 24.5 Å². The molecule has 1 saturated heterocycles. The molecule has 2 N–H and O–H groups in total. The van der Waals surface area contributed by atoms with Crippen LogP contribution in [0.2, 0.25) is 0 Å². The van der Waals surface area contributed by atoms with Gasteiger partial charge in [-0.05, 0) is 12.1 Å². The van der Waals surface area contributed by atoms with Gasteiger partial charge in [0.2, 0.25) is 0 Å². The molecule has 5 heteroatoms. The zero-order valence-electron chi connectivity index (χ0n) is 8.76. The smallest absolute Gasteiger partial charge is 0.137 e. The highest BCUT2D eigenvalue weighted by Crippen LogP contribution is 2.19. The van der Waals surface area contributed by atoms with Crippen LogP contribution >= 0.6 is 0 Å². The molecule has 84 valence electrons. The summed E-state index contributed by atoms with van der Waals surface area (Å²) in [5.41, 5.74) is 1.72. The first kappa shape index (κ1) is 9.62. The van der Waals surface area contributed by atoms with Crippen molar-refractivity contribution in [3.63, 3.8) is 0 Å². The molecule has 1 unspecified atom stereocenters. The fourth-order valence-corrected chi connectivity index (χ4v) is 1.91. The van der Waals surface area contributed by atoms with E-state index in [4.69, 9.17) is 4.74 Å². The van der Waals surface area contributed by atoms with Gasteiger partial charge in [-0.3, -0.25) is 0 Å². The van der Waals surface area contributed by atoms with Crippen LogP contribution in [0.4, 0.5) is 0 Å². The van der Waals surface area contributed by atoms with Crippen molar-refractivity contribution in [1.82, 2.24) is 14.7 Å². The Labute approximate surface area is 92.7 Å². The van der Waals surface area contributed by atoms with E-state index in [1.807, 2.05) is 10.6 Å². The molecule has 0 aromatic carbocycles. The Morgan fingerprint density at radius 2 is 2.38 bits per heavy atom. The molecular weight excluding hydrogens is 206 g/mol. The highest BCUT2D eigenvalue weighted by Gasteiger charge is 2.18. The Balaban J connectivity index is 1.97. The SMILES string of the molecule is Oc1ccc2nc(C3CNCCO3)cn2c1. The summed E-state index contributed by atoms with van der Waals surface area (Å²) >= 11 is 0. The summed E-state index contributed by atoms with van der Waals surface area (Å²) in [6.45, 7) is 2.39. The van der Waals surface area contributed by atoms with Crippen molar-refractivity contribution in [3.05, 3.63) is 30.2 Å². The third-order valence-electron chi connectivity index (χ3n) is 2.71. The summed E-state index contributed by atoms with van der Waals surface area (Å²) in [5.74, 6) is 0.235. The molecule has 0 saturated carbocycles. The lowest BCUT2D eigenvalue weighted by molar-refractivity contribution is 0.0253. The van der Waals surface area contributed by atoms with Gasteiger partial charge in [0, 0.05) is 19.3 Å². The molecule has 2 aromatic heterocycles. The first-order chi connectivity index (χ1) is 7.83. The van der Waals surface area contributed by atoms with Crippen LogP contribution in [0.5, 0.6) is 5.75 Å². The second-order valence-electron chi connectivity index (χ2n) is 3.88. The number of hydrogen-bond acceptors (Lipinski definition) is 4. The minimum Gasteiger partial charge on any atom is -0.506 e. The average Bonchev–Trinajstić information content (AvgIpc) is 2.73. The predicted octanol–water partition coefficient (Wildman–Crippen LogP) is 0.701. The number of hydrogen-bond donors (Lipinski definition) is 2. The van der Waals surface area contributed by atoms with E-state index in [2.05, 4.69) is 10.3 Å². The molecule has 0 radical (unpaired) electrons. The van der Waals surface area contributed by atoms with E-state index in [-0.39, 0.29) is 11.9 Å². The van der Waals surface area contributed by atoms with Crippen LogP contribution in [0.3, 0.4) is 0 Å². The first-order valence-electron chi connectivity index (χ1n) is 5.33. The lowest BCUT2D eigenvalue weighted by Gasteiger charge is -2.21. The Bertz CT molecular complexity index is 503. The number of fused-ring (bicyclic) bond motifs is 1. The molecule has 3 heterocycles. The number of aromatic nitrogens is 2. The minimum atomic E-state index is 0.00999. The molecule has 16 heavy (non-hydrogen) atoms. The number of morpholine rings is 1. The van der Waals surface area contributed by atoms with Crippen LogP contribution in [-0.4, -0.2) is 34.2 Å². The first-order valence-corrected chi connectivity index (χ1v) is 5.33. The van der Waals surface area contributed by atoms with E-state index in [0.29, 0.717) is 6.61 Å². The lowest BCUT2D eigenvalue weighted by Crippen LogP contribution is -2.33. The zero-order valence-corrected chi connectivity index (χ0v) is 8.76. The summed E-state index contributed by atoms with van der Waals surface area (Å²) in [6, 6.07) is 3.42. The monoisotopic (exact) mass is 219 g/mol.